The van der Waals surface area contributed by atoms with Crippen LogP contribution in [0.2, 0.25) is 0 Å². The van der Waals surface area contributed by atoms with Gasteiger partial charge in [0.05, 0.1) is 0 Å². The number of hydrogen-bond acceptors (Lipinski definition) is 6. The summed E-state index contributed by atoms with van der Waals surface area (Å²) < 4.78 is 27.5. The largest absolute Gasteiger partial charge is 0.454 e. The van der Waals surface area contributed by atoms with Crippen molar-refractivity contribution in [2.45, 2.75) is 6.54 Å². The Labute approximate surface area is 146 Å². The Kier molecular flexibility index (Phi) is 4.02. The van der Waals surface area contributed by atoms with Gasteiger partial charge in [-0.05, 0) is 53.5 Å². The van der Waals surface area contributed by atoms with E-state index in [9.17, 15) is 9.18 Å². The lowest BCUT2D eigenvalue weighted by molar-refractivity contribution is 0.0955. The first-order valence-corrected chi connectivity index (χ1v) is 8.23. The third-order valence-electron chi connectivity index (χ3n) is 3.70. The number of carbonyl (C=O) groups is 1. The van der Waals surface area contributed by atoms with Gasteiger partial charge < -0.3 is 14.8 Å². The molecule has 3 aromatic rings. The third kappa shape index (κ3) is 3.16. The van der Waals surface area contributed by atoms with Crippen molar-refractivity contribution in [1.82, 2.24) is 14.9 Å². The summed E-state index contributed by atoms with van der Waals surface area (Å²) in [5.41, 5.74) is 1.97. The van der Waals surface area contributed by atoms with E-state index in [4.69, 9.17) is 9.47 Å². The average molecular weight is 357 g/mol. The number of nitrogens with zero attached hydrogens (tertiary/aromatic N) is 2. The van der Waals surface area contributed by atoms with Gasteiger partial charge in [-0.1, -0.05) is 10.6 Å². The minimum Gasteiger partial charge on any atom is -0.454 e. The van der Waals surface area contributed by atoms with Gasteiger partial charge in [-0.3, -0.25) is 4.79 Å². The Morgan fingerprint density at radius 2 is 1.96 bits per heavy atom. The summed E-state index contributed by atoms with van der Waals surface area (Å²) >= 11 is 1.00. The molecule has 1 aliphatic heterocycles. The highest BCUT2D eigenvalue weighted by Crippen LogP contribution is 2.32. The molecule has 4 rings (SSSR count). The van der Waals surface area contributed by atoms with Crippen LogP contribution in [-0.4, -0.2) is 22.3 Å². The molecular formula is C17H12FN3O3S. The maximum atomic E-state index is 13.1. The van der Waals surface area contributed by atoms with E-state index in [-0.39, 0.29) is 18.5 Å². The lowest BCUT2D eigenvalue weighted by Gasteiger charge is -2.06. The predicted molar refractivity (Wildman–Crippen MR) is 89.0 cm³/mol. The van der Waals surface area contributed by atoms with E-state index < -0.39 is 0 Å². The molecule has 0 atom stereocenters. The molecule has 8 heteroatoms. The summed E-state index contributed by atoms with van der Waals surface area (Å²) in [5, 5.41) is 6.82. The van der Waals surface area contributed by atoms with E-state index in [0.29, 0.717) is 34.2 Å². The van der Waals surface area contributed by atoms with Gasteiger partial charge in [-0.25, -0.2) is 4.39 Å². The van der Waals surface area contributed by atoms with Crippen molar-refractivity contribution in [2.75, 3.05) is 6.79 Å². The minimum absolute atomic E-state index is 0.207. The molecule has 2 heterocycles. The van der Waals surface area contributed by atoms with Crippen LogP contribution in [0.4, 0.5) is 4.39 Å². The van der Waals surface area contributed by atoms with E-state index in [0.717, 1.165) is 17.1 Å². The summed E-state index contributed by atoms with van der Waals surface area (Å²) in [7, 11) is 0. The highest BCUT2D eigenvalue weighted by Gasteiger charge is 2.18. The summed E-state index contributed by atoms with van der Waals surface area (Å²) in [5.74, 6) is 0.728. The smallest absolute Gasteiger partial charge is 0.265 e. The summed E-state index contributed by atoms with van der Waals surface area (Å²) in [6.07, 6.45) is 0. The van der Waals surface area contributed by atoms with E-state index in [2.05, 4.69) is 14.9 Å². The van der Waals surface area contributed by atoms with E-state index in [1.54, 1.807) is 12.1 Å². The molecule has 0 unspecified atom stereocenters. The fraction of sp³-hybridized carbons (Fsp3) is 0.118. The van der Waals surface area contributed by atoms with Gasteiger partial charge >= 0.3 is 0 Å². The van der Waals surface area contributed by atoms with Gasteiger partial charge in [-0.2, -0.15) is 0 Å². The van der Waals surface area contributed by atoms with Gasteiger partial charge in [0, 0.05) is 12.1 Å². The molecule has 2 aromatic carbocycles. The summed E-state index contributed by atoms with van der Waals surface area (Å²) in [6.45, 7) is 0.537. The normalized spacial score (nSPS) is 12.2. The van der Waals surface area contributed by atoms with Gasteiger partial charge in [0.2, 0.25) is 6.79 Å². The molecular weight excluding hydrogens is 345 g/mol. The van der Waals surface area contributed by atoms with Crippen LogP contribution in [-0.2, 0) is 6.54 Å². The fourth-order valence-electron chi connectivity index (χ4n) is 2.45. The van der Waals surface area contributed by atoms with Crippen molar-refractivity contribution in [3.63, 3.8) is 0 Å². The Bertz CT molecular complexity index is 927. The monoisotopic (exact) mass is 357 g/mol. The van der Waals surface area contributed by atoms with Gasteiger partial charge in [-0.15, -0.1) is 5.10 Å². The van der Waals surface area contributed by atoms with Crippen LogP contribution in [0, 0.1) is 5.82 Å². The number of fused-ring (bicyclic) bond motifs is 1. The quantitative estimate of drug-likeness (QED) is 0.777. The van der Waals surface area contributed by atoms with E-state index in [1.807, 2.05) is 18.2 Å². The topological polar surface area (TPSA) is 73.3 Å². The first-order chi connectivity index (χ1) is 12.2. The van der Waals surface area contributed by atoms with E-state index in [1.165, 1.54) is 12.1 Å². The molecule has 0 spiro atoms. The second-order valence-corrected chi connectivity index (χ2v) is 6.08. The zero-order chi connectivity index (χ0) is 17.2. The van der Waals surface area contributed by atoms with Crippen LogP contribution in [0.3, 0.4) is 0 Å². The molecule has 1 aliphatic rings. The number of halogens is 1. The van der Waals surface area contributed by atoms with Crippen LogP contribution in [0.15, 0.2) is 42.5 Å². The molecule has 0 bridgehead atoms. The maximum Gasteiger partial charge on any atom is 0.265 e. The highest BCUT2D eigenvalue weighted by atomic mass is 32.1. The lowest BCUT2D eigenvalue weighted by atomic mass is 10.1. The fourth-order valence-corrected chi connectivity index (χ4v) is 3.05. The Balaban J connectivity index is 1.49. The Morgan fingerprint density at radius 1 is 1.16 bits per heavy atom. The number of aromatic nitrogens is 2. The molecule has 0 saturated carbocycles. The SMILES string of the molecule is O=C(NCc1ccc2c(c1)OCO2)c1snnc1-c1ccc(F)cc1. The van der Waals surface area contributed by atoms with Gasteiger partial charge in [0.1, 0.15) is 16.4 Å². The molecule has 0 saturated heterocycles. The van der Waals surface area contributed by atoms with Gasteiger partial charge in [0.25, 0.3) is 5.91 Å². The van der Waals surface area contributed by atoms with Crippen molar-refractivity contribution >= 4 is 17.4 Å². The number of amides is 1. The molecule has 1 aromatic heterocycles. The van der Waals surface area contributed by atoms with Crippen LogP contribution in [0.1, 0.15) is 15.2 Å². The number of benzene rings is 2. The minimum atomic E-state index is -0.347. The van der Waals surface area contributed by atoms with Gasteiger partial charge in [0.15, 0.2) is 11.5 Å². The number of ether oxygens (including phenoxy) is 2. The Hall–Kier alpha value is -3.00. The molecule has 0 aliphatic carbocycles. The predicted octanol–water partition coefficient (Wildman–Crippen LogP) is 3.00. The number of rotatable bonds is 4. The molecule has 0 fully saturated rings. The third-order valence-corrected chi connectivity index (χ3v) is 4.43. The molecule has 126 valence electrons. The second kappa shape index (κ2) is 6.48. The number of nitrogens with one attached hydrogen (secondary N) is 1. The standard InChI is InChI=1S/C17H12FN3O3S/c18-12-4-2-11(3-5-12)15-16(25-21-20-15)17(22)19-8-10-1-6-13-14(7-10)24-9-23-13/h1-7H,8-9H2,(H,19,22). The summed E-state index contributed by atoms with van der Waals surface area (Å²) in [4.78, 5) is 12.8. The van der Waals surface area contributed by atoms with Crippen molar-refractivity contribution in [2.24, 2.45) is 0 Å². The highest BCUT2D eigenvalue weighted by molar-refractivity contribution is 7.08. The molecule has 1 amide bonds. The van der Waals surface area contributed by atoms with Crippen molar-refractivity contribution in [3.8, 4) is 22.8 Å². The van der Waals surface area contributed by atoms with Crippen LogP contribution in [0.25, 0.3) is 11.3 Å². The maximum absolute atomic E-state index is 13.1. The molecule has 6 nitrogen and oxygen atoms in total. The molecule has 0 radical (unpaired) electrons. The molecule has 1 N–H and O–H groups in total. The molecule has 25 heavy (non-hydrogen) atoms. The number of carbonyl (C=O) groups excluding carboxylic acids is 1. The first-order valence-electron chi connectivity index (χ1n) is 7.46. The lowest BCUT2D eigenvalue weighted by Crippen LogP contribution is -2.22. The zero-order valence-corrected chi connectivity index (χ0v) is 13.7. The van der Waals surface area contributed by atoms with Crippen LogP contribution >= 0.6 is 11.5 Å². The second-order valence-electron chi connectivity index (χ2n) is 5.33. The average Bonchev–Trinajstić information content (AvgIpc) is 3.29. The summed E-state index contributed by atoms with van der Waals surface area (Å²) in [6, 6.07) is 11.3. The van der Waals surface area contributed by atoms with Crippen molar-refractivity contribution in [1.29, 1.82) is 0 Å². The van der Waals surface area contributed by atoms with Crippen molar-refractivity contribution < 1.29 is 18.7 Å². The first kappa shape index (κ1) is 15.5. The van der Waals surface area contributed by atoms with E-state index >= 15 is 0 Å². The number of hydrogen-bond donors (Lipinski definition) is 1. The van der Waals surface area contributed by atoms with Crippen LogP contribution < -0.4 is 14.8 Å². The zero-order valence-electron chi connectivity index (χ0n) is 12.9. The van der Waals surface area contributed by atoms with Crippen LogP contribution in [0.5, 0.6) is 11.5 Å². The van der Waals surface area contributed by atoms with Crippen molar-refractivity contribution in [3.05, 3.63) is 58.7 Å². The Morgan fingerprint density at radius 3 is 2.80 bits per heavy atom.